The number of nitrogens with one attached hydrogen (secondary N) is 4. The fourth-order valence-corrected chi connectivity index (χ4v) is 3.66. The number of Topliss-reactive ketones (excluding diaryl/α,β-unsaturated/α-hetero) is 1. The van der Waals surface area contributed by atoms with Gasteiger partial charge in [-0.2, -0.15) is 0 Å². The summed E-state index contributed by atoms with van der Waals surface area (Å²) >= 11 is 0. The second-order valence-corrected chi connectivity index (χ2v) is 9.87. The van der Waals surface area contributed by atoms with E-state index in [1.807, 2.05) is 44.2 Å². The number of benzene rings is 1. The van der Waals surface area contributed by atoms with Crippen LogP contribution in [0.25, 0.3) is 0 Å². The summed E-state index contributed by atoms with van der Waals surface area (Å²) in [6.07, 6.45) is 1.12. The zero-order chi connectivity index (χ0) is 27.6. The van der Waals surface area contributed by atoms with E-state index in [1.165, 1.54) is 6.92 Å². The number of carbonyl (C=O) groups is 5. The summed E-state index contributed by atoms with van der Waals surface area (Å²) in [5.41, 5.74) is 0.0997. The van der Waals surface area contributed by atoms with E-state index in [4.69, 9.17) is 4.74 Å². The van der Waals surface area contributed by atoms with Crippen molar-refractivity contribution in [2.24, 2.45) is 5.92 Å². The van der Waals surface area contributed by atoms with Gasteiger partial charge in [-0.25, -0.2) is 0 Å². The highest BCUT2D eigenvalue weighted by atomic mass is 16.6. The van der Waals surface area contributed by atoms with Crippen LogP contribution in [0.15, 0.2) is 30.3 Å². The molecule has 5 N–H and O–H groups in total. The van der Waals surface area contributed by atoms with Crippen LogP contribution in [0, 0.1) is 5.92 Å². The van der Waals surface area contributed by atoms with Crippen molar-refractivity contribution in [3.05, 3.63) is 35.9 Å². The molecule has 1 aliphatic rings. The number of hydrogen-bond acceptors (Lipinski definition) is 7. The number of rotatable bonds is 15. The molecule has 0 aliphatic carbocycles. The monoisotopic (exact) mass is 518 g/mol. The third-order valence-corrected chi connectivity index (χ3v) is 6.00. The number of carbonyl (C=O) groups excluding carboxylic acids is 5. The Morgan fingerprint density at radius 1 is 0.946 bits per heavy atom. The number of epoxide rings is 1. The van der Waals surface area contributed by atoms with Crippen molar-refractivity contribution < 1.29 is 33.8 Å². The van der Waals surface area contributed by atoms with Gasteiger partial charge in [-0.1, -0.05) is 44.2 Å². The van der Waals surface area contributed by atoms with Gasteiger partial charge in [-0.05, 0) is 37.7 Å². The first-order valence-electron chi connectivity index (χ1n) is 12.4. The SMILES string of the molecule is CC(=O)N[C@@H](CCc1ccccc1)C(=O)N[C@@H](CC(C)C)C(=O)N[C@@H](CO)C(=O)NCC(=O)[C@@]1(C)CO1. The topological polar surface area (TPSA) is 166 Å². The normalized spacial score (nSPS) is 18.8. The third-order valence-electron chi connectivity index (χ3n) is 6.00. The Hall–Kier alpha value is -3.31. The first-order valence-corrected chi connectivity index (χ1v) is 12.4. The minimum atomic E-state index is -1.32. The van der Waals surface area contributed by atoms with Crippen molar-refractivity contribution >= 4 is 29.4 Å². The van der Waals surface area contributed by atoms with Crippen molar-refractivity contribution in [3.63, 3.8) is 0 Å². The van der Waals surface area contributed by atoms with Crippen molar-refractivity contribution in [2.75, 3.05) is 19.8 Å². The molecular formula is C26H38N4O7. The van der Waals surface area contributed by atoms with Crippen molar-refractivity contribution in [3.8, 4) is 0 Å². The molecule has 1 aliphatic heterocycles. The van der Waals surface area contributed by atoms with Crippen molar-refractivity contribution in [1.29, 1.82) is 0 Å². The van der Waals surface area contributed by atoms with Crippen molar-refractivity contribution in [1.82, 2.24) is 21.3 Å². The number of ether oxygens (including phenoxy) is 1. The van der Waals surface area contributed by atoms with Crippen LogP contribution in [0.3, 0.4) is 0 Å². The van der Waals surface area contributed by atoms with E-state index in [1.54, 1.807) is 6.92 Å². The molecule has 1 saturated heterocycles. The van der Waals surface area contributed by atoms with Crippen LogP contribution in [0.1, 0.15) is 46.1 Å². The zero-order valence-corrected chi connectivity index (χ0v) is 21.8. The minimum absolute atomic E-state index is 0.0119. The minimum Gasteiger partial charge on any atom is -0.394 e. The molecule has 0 spiro atoms. The number of aliphatic hydroxyl groups is 1. The molecule has 1 aromatic carbocycles. The van der Waals surface area contributed by atoms with E-state index in [0.717, 1.165) is 5.56 Å². The predicted octanol–water partition coefficient (Wildman–Crippen LogP) is -0.394. The molecule has 0 bridgehead atoms. The van der Waals surface area contributed by atoms with Crippen LogP contribution in [0.4, 0.5) is 0 Å². The highest BCUT2D eigenvalue weighted by Gasteiger charge is 2.46. The maximum atomic E-state index is 13.1. The van der Waals surface area contributed by atoms with Crippen molar-refractivity contribution in [2.45, 2.75) is 70.7 Å². The zero-order valence-electron chi connectivity index (χ0n) is 21.8. The quantitative estimate of drug-likeness (QED) is 0.197. The second kappa shape index (κ2) is 13.8. The first kappa shape index (κ1) is 29.9. The Labute approximate surface area is 217 Å². The molecule has 0 saturated carbocycles. The van der Waals surface area contributed by atoms with Gasteiger partial charge in [0, 0.05) is 6.92 Å². The van der Waals surface area contributed by atoms with Gasteiger partial charge in [0.05, 0.1) is 19.8 Å². The number of amides is 4. The molecule has 1 fully saturated rings. The molecule has 4 atom stereocenters. The summed E-state index contributed by atoms with van der Waals surface area (Å²) in [5.74, 6) is -2.60. The maximum absolute atomic E-state index is 13.1. The smallest absolute Gasteiger partial charge is 0.245 e. The lowest BCUT2D eigenvalue weighted by Crippen LogP contribution is -2.58. The molecule has 4 amide bonds. The molecule has 2 rings (SSSR count). The second-order valence-electron chi connectivity index (χ2n) is 9.87. The summed E-state index contributed by atoms with van der Waals surface area (Å²) in [5, 5.41) is 19.8. The highest BCUT2D eigenvalue weighted by molar-refractivity contribution is 5.96. The molecule has 0 radical (unpaired) electrons. The molecule has 1 aromatic rings. The standard InChI is InChI=1S/C26H38N4O7/c1-16(2)12-20(25(36)30-21(14-31)23(34)27-13-22(33)26(4)15-37-26)29-24(35)19(28-17(3)32)11-10-18-8-6-5-7-9-18/h5-9,16,19-21,31H,10-15H2,1-4H3,(H,27,34)(H,28,32)(H,29,35)(H,30,36)/t19-,20-,21-,26+/m0/s1. The van der Waals surface area contributed by atoms with E-state index in [-0.39, 0.29) is 37.2 Å². The largest absolute Gasteiger partial charge is 0.394 e. The lowest BCUT2D eigenvalue weighted by molar-refractivity contribution is -0.134. The van der Waals surface area contributed by atoms with Gasteiger partial charge in [-0.15, -0.1) is 0 Å². The van der Waals surface area contributed by atoms with Gasteiger partial charge < -0.3 is 31.1 Å². The molecule has 37 heavy (non-hydrogen) atoms. The average molecular weight is 519 g/mol. The van der Waals surface area contributed by atoms with E-state index >= 15 is 0 Å². The highest BCUT2D eigenvalue weighted by Crippen LogP contribution is 2.26. The summed E-state index contributed by atoms with van der Waals surface area (Å²) in [7, 11) is 0. The number of hydrogen-bond donors (Lipinski definition) is 5. The summed E-state index contributed by atoms with van der Waals surface area (Å²) < 4.78 is 5.05. The Bertz CT molecular complexity index is 963. The Kier molecular flexibility index (Phi) is 11.2. The Balaban J connectivity index is 2.02. The van der Waals surface area contributed by atoms with Gasteiger partial charge >= 0.3 is 0 Å². The molecule has 204 valence electrons. The number of aliphatic hydroxyl groups excluding tert-OH is 1. The van der Waals surface area contributed by atoms with Crippen LogP contribution in [0.5, 0.6) is 0 Å². The first-order chi connectivity index (χ1) is 17.4. The molecule has 0 unspecified atom stereocenters. The lowest BCUT2D eigenvalue weighted by atomic mass is 10.0. The fourth-order valence-electron chi connectivity index (χ4n) is 3.66. The summed E-state index contributed by atoms with van der Waals surface area (Å²) in [6, 6.07) is 6.30. The Morgan fingerprint density at radius 2 is 1.54 bits per heavy atom. The lowest BCUT2D eigenvalue weighted by Gasteiger charge is -2.25. The average Bonchev–Trinajstić information content (AvgIpc) is 3.61. The van der Waals surface area contributed by atoms with Crippen LogP contribution in [0.2, 0.25) is 0 Å². The molecule has 11 nitrogen and oxygen atoms in total. The molecule has 11 heteroatoms. The van der Waals surface area contributed by atoms with Crippen LogP contribution < -0.4 is 21.3 Å². The Morgan fingerprint density at radius 3 is 2.08 bits per heavy atom. The van der Waals surface area contributed by atoms with E-state index < -0.39 is 48.1 Å². The van der Waals surface area contributed by atoms with Gasteiger partial charge in [-0.3, -0.25) is 24.0 Å². The summed E-state index contributed by atoms with van der Waals surface area (Å²) in [6.45, 7) is 5.95. The maximum Gasteiger partial charge on any atom is 0.245 e. The van der Waals surface area contributed by atoms with Crippen LogP contribution in [-0.2, 0) is 35.1 Å². The molecular weight excluding hydrogens is 480 g/mol. The predicted molar refractivity (Wildman–Crippen MR) is 135 cm³/mol. The van der Waals surface area contributed by atoms with E-state index in [0.29, 0.717) is 12.8 Å². The van der Waals surface area contributed by atoms with Gasteiger partial charge in [0.25, 0.3) is 0 Å². The molecule has 0 aromatic heterocycles. The van der Waals surface area contributed by atoms with E-state index in [2.05, 4.69) is 21.3 Å². The number of ketones is 1. The van der Waals surface area contributed by atoms with E-state index in [9.17, 15) is 29.1 Å². The van der Waals surface area contributed by atoms with Crippen LogP contribution in [-0.4, -0.2) is 78.0 Å². The fraction of sp³-hybridized carbons (Fsp3) is 0.577. The van der Waals surface area contributed by atoms with Gasteiger partial charge in [0.1, 0.15) is 23.7 Å². The van der Waals surface area contributed by atoms with Gasteiger partial charge in [0.2, 0.25) is 23.6 Å². The van der Waals surface area contributed by atoms with Gasteiger partial charge in [0.15, 0.2) is 5.78 Å². The summed E-state index contributed by atoms with van der Waals surface area (Å²) in [4.78, 5) is 62.3. The van der Waals surface area contributed by atoms with Crippen LogP contribution >= 0.6 is 0 Å². The molecule has 1 heterocycles. The number of aryl methyl sites for hydroxylation is 1. The third kappa shape index (κ3) is 9.93.